The largest absolute Gasteiger partial charge is 0.464 e. The molecule has 0 unspecified atom stereocenters. The van der Waals surface area contributed by atoms with Crippen molar-refractivity contribution >= 4 is 11.9 Å². The molecule has 3 N–H and O–H groups in total. The monoisotopic (exact) mass is 564 g/mol. The van der Waals surface area contributed by atoms with E-state index < -0.39 is 18.0 Å². The zero-order chi connectivity index (χ0) is 29.2. The number of carbonyl (C=O) groups excluding carboxylic acids is 2. The predicted octanol–water partition coefficient (Wildman–Crippen LogP) is -0.267. The number of esters is 2. The average Bonchev–Trinajstić information content (AvgIpc) is 2.97. The van der Waals surface area contributed by atoms with Crippen molar-refractivity contribution in [1.29, 1.82) is 0 Å². The van der Waals surface area contributed by atoms with Crippen molar-refractivity contribution in [3.8, 4) is 0 Å². The Morgan fingerprint density at radius 3 is 1.73 bits per heavy atom. The molecule has 40 heavy (non-hydrogen) atoms. The number of aliphatic hydroxyl groups excluding tert-OH is 3. The first-order chi connectivity index (χ1) is 19.4. The number of ether oxygens (including phenoxy) is 4. The molecule has 0 radical (unpaired) electrons. The van der Waals surface area contributed by atoms with Gasteiger partial charge < -0.3 is 34.3 Å². The molecule has 0 saturated heterocycles. The summed E-state index contributed by atoms with van der Waals surface area (Å²) in [4.78, 5) is 35.9. The van der Waals surface area contributed by atoms with Gasteiger partial charge in [-0.25, -0.2) is 19.6 Å². The summed E-state index contributed by atoms with van der Waals surface area (Å²) in [7, 11) is 2.59. The van der Waals surface area contributed by atoms with Gasteiger partial charge in [-0.15, -0.1) is 0 Å². The third-order valence-electron chi connectivity index (χ3n) is 5.83. The fourth-order valence-corrected chi connectivity index (χ4v) is 3.76. The second kappa shape index (κ2) is 19.1. The smallest absolute Gasteiger partial charge is 0.356 e. The number of methoxy groups -OCH3 is 2. The van der Waals surface area contributed by atoms with Crippen LogP contribution < -0.4 is 0 Å². The van der Waals surface area contributed by atoms with Crippen molar-refractivity contribution in [3.05, 3.63) is 59.2 Å². The highest BCUT2D eigenvalue weighted by atomic mass is 16.5. The Hall–Kier alpha value is -3.04. The zero-order valence-corrected chi connectivity index (χ0v) is 23.1. The van der Waals surface area contributed by atoms with E-state index in [0.717, 1.165) is 0 Å². The number of hydrogen-bond acceptors (Lipinski definition) is 13. The van der Waals surface area contributed by atoms with Crippen LogP contribution in [-0.4, -0.2) is 133 Å². The van der Waals surface area contributed by atoms with Crippen LogP contribution in [0.25, 0.3) is 0 Å². The molecule has 0 aromatic carbocycles. The lowest BCUT2D eigenvalue weighted by molar-refractivity contribution is -0.0511. The lowest BCUT2D eigenvalue weighted by atomic mass is 10.3. The zero-order valence-electron chi connectivity index (χ0n) is 23.1. The molecule has 222 valence electrons. The van der Waals surface area contributed by atoms with Crippen molar-refractivity contribution in [2.75, 3.05) is 80.0 Å². The second-order valence-electron chi connectivity index (χ2n) is 8.76. The third-order valence-corrected chi connectivity index (χ3v) is 5.83. The van der Waals surface area contributed by atoms with Gasteiger partial charge in [-0.1, -0.05) is 12.1 Å². The van der Waals surface area contributed by atoms with Crippen LogP contribution in [0.2, 0.25) is 0 Å². The number of hydrogen-bond donors (Lipinski definition) is 3. The Balaban J connectivity index is 1.78. The molecule has 13 heteroatoms. The number of nitrogens with zero attached hydrogens (tertiary/aromatic N) is 4. The van der Waals surface area contributed by atoms with Gasteiger partial charge in [0.25, 0.3) is 0 Å². The van der Waals surface area contributed by atoms with Gasteiger partial charge in [0, 0.05) is 39.3 Å². The Bertz CT molecular complexity index is 1030. The first kappa shape index (κ1) is 33.2. The number of pyridine rings is 2. The summed E-state index contributed by atoms with van der Waals surface area (Å²) in [5.41, 5.74) is 1.73. The fraction of sp³-hybridized carbons (Fsp3) is 0.556. The van der Waals surface area contributed by atoms with Gasteiger partial charge in [0.2, 0.25) is 0 Å². The second-order valence-corrected chi connectivity index (χ2v) is 8.76. The maximum atomic E-state index is 11.7. The summed E-state index contributed by atoms with van der Waals surface area (Å²) < 4.78 is 20.9. The molecule has 2 aromatic heterocycles. The summed E-state index contributed by atoms with van der Waals surface area (Å²) in [5, 5.41) is 28.6. The summed E-state index contributed by atoms with van der Waals surface area (Å²) in [5.74, 6) is -1.04. The van der Waals surface area contributed by atoms with Gasteiger partial charge in [0.05, 0.1) is 65.2 Å². The van der Waals surface area contributed by atoms with Crippen molar-refractivity contribution in [1.82, 2.24) is 19.8 Å². The van der Waals surface area contributed by atoms with E-state index in [-0.39, 0.29) is 44.4 Å². The minimum Gasteiger partial charge on any atom is -0.464 e. The molecular weight excluding hydrogens is 524 g/mol. The molecule has 0 spiro atoms. The summed E-state index contributed by atoms with van der Waals surface area (Å²) in [6, 6.07) is 10.2. The quantitative estimate of drug-likeness (QED) is 0.142. The van der Waals surface area contributed by atoms with Crippen LogP contribution in [0.3, 0.4) is 0 Å². The van der Waals surface area contributed by atoms with Crippen LogP contribution in [0.5, 0.6) is 0 Å². The van der Waals surface area contributed by atoms with E-state index in [9.17, 15) is 24.9 Å². The van der Waals surface area contributed by atoms with Gasteiger partial charge in [0.1, 0.15) is 17.5 Å². The number of aliphatic hydroxyl groups is 3. The van der Waals surface area contributed by atoms with Crippen LogP contribution in [0.4, 0.5) is 0 Å². The maximum Gasteiger partial charge on any atom is 0.356 e. The minimum absolute atomic E-state index is 0.0497. The lowest BCUT2D eigenvalue weighted by Crippen LogP contribution is -2.34. The Morgan fingerprint density at radius 1 is 0.775 bits per heavy atom. The third kappa shape index (κ3) is 12.0. The topological polar surface area (TPSA) is 164 Å². The molecule has 0 saturated carbocycles. The minimum atomic E-state index is -0.540. The van der Waals surface area contributed by atoms with Crippen molar-refractivity contribution in [2.45, 2.75) is 19.2 Å². The molecule has 2 rings (SSSR count). The molecule has 0 aliphatic heterocycles. The number of rotatable bonds is 20. The average molecular weight is 565 g/mol. The molecule has 2 aromatic rings. The molecular formula is C27H40N4O9. The molecule has 2 heterocycles. The predicted molar refractivity (Wildman–Crippen MR) is 144 cm³/mol. The van der Waals surface area contributed by atoms with Crippen molar-refractivity contribution in [3.63, 3.8) is 0 Å². The summed E-state index contributed by atoms with van der Waals surface area (Å²) in [6.07, 6.45) is -0.540. The highest BCUT2D eigenvalue weighted by Gasteiger charge is 2.14. The van der Waals surface area contributed by atoms with Gasteiger partial charge in [-0.2, -0.15) is 0 Å². The highest BCUT2D eigenvalue weighted by molar-refractivity contribution is 5.87. The molecule has 0 aliphatic rings. The van der Waals surface area contributed by atoms with E-state index in [1.165, 1.54) is 14.2 Å². The Labute approximate surface area is 234 Å². The lowest BCUT2D eigenvalue weighted by Gasteiger charge is -2.24. The van der Waals surface area contributed by atoms with Gasteiger partial charge >= 0.3 is 11.9 Å². The highest BCUT2D eigenvalue weighted by Crippen LogP contribution is 2.07. The normalized spacial score (nSPS) is 12.1. The molecule has 0 aliphatic carbocycles. The molecule has 1 atom stereocenters. The fourth-order valence-electron chi connectivity index (χ4n) is 3.76. The Kier molecular flexibility index (Phi) is 15.8. The Morgan fingerprint density at radius 2 is 1.27 bits per heavy atom. The van der Waals surface area contributed by atoms with Crippen LogP contribution in [-0.2, 0) is 32.0 Å². The van der Waals surface area contributed by atoms with Crippen molar-refractivity contribution in [2.24, 2.45) is 0 Å². The number of aromatic nitrogens is 2. The van der Waals surface area contributed by atoms with E-state index in [0.29, 0.717) is 57.3 Å². The van der Waals surface area contributed by atoms with Gasteiger partial charge in [0.15, 0.2) is 0 Å². The maximum absolute atomic E-state index is 11.7. The first-order valence-corrected chi connectivity index (χ1v) is 13.0. The molecule has 13 nitrogen and oxygen atoms in total. The standard InChI is InChI=1S/C27H40N4O9/c1-37-26(35)24-7-3-5-21(28-24)17-30(9-13-32)11-15-39-20-23(19-34)40-16-12-31(10-14-33)18-22-6-4-8-25(29-22)27(36)38-2/h3-8,23,32-34H,9-20H2,1-2H3/t23-/m0/s1. The molecule has 0 fully saturated rings. The van der Waals surface area contributed by atoms with Crippen LogP contribution in [0.15, 0.2) is 36.4 Å². The van der Waals surface area contributed by atoms with Gasteiger partial charge in [-0.05, 0) is 24.3 Å². The van der Waals surface area contributed by atoms with E-state index in [2.05, 4.69) is 9.97 Å². The molecule has 0 amide bonds. The van der Waals surface area contributed by atoms with Crippen LogP contribution in [0, 0.1) is 0 Å². The van der Waals surface area contributed by atoms with E-state index >= 15 is 0 Å². The van der Waals surface area contributed by atoms with Crippen LogP contribution in [0.1, 0.15) is 32.4 Å². The van der Waals surface area contributed by atoms with Gasteiger partial charge in [-0.3, -0.25) is 9.80 Å². The van der Waals surface area contributed by atoms with E-state index in [4.69, 9.17) is 18.9 Å². The summed E-state index contributed by atoms with van der Waals surface area (Å²) >= 11 is 0. The SMILES string of the molecule is COC(=O)c1cccc(CN(CCO)CCOC[C@H](CO)OCCN(CCO)Cc2cccc(C(=O)OC)n2)n1. The molecule has 0 bridgehead atoms. The van der Waals surface area contributed by atoms with E-state index in [1.54, 1.807) is 36.4 Å². The van der Waals surface area contributed by atoms with E-state index in [1.807, 2.05) is 9.80 Å². The van der Waals surface area contributed by atoms with Crippen molar-refractivity contribution < 1.29 is 43.9 Å². The number of carbonyl (C=O) groups is 2. The van der Waals surface area contributed by atoms with Crippen LogP contribution >= 0.6 is 0 Å². The first-order valence-electron chi connectivity index (χ1n) is 13.0. The summed E-state index contributed by atoms with van der Waals surface area (Å²) in [6.45, 7) is 2.97.